The molecule has 44 heavy (non-hydrogen) atoms. The van der Waals surface area contributed by atoms with Crippen LogP contribution in [0.15, 0.2) is 63.8 Å². The molecule has 0 radical (unpaired) electrons. The first-order valence-corrected chi connectivity index (χ1v) is 16.3. The Hall–Kier alpha value is -4.51. The number of hydrogen-bond acceptors (Lipinski definition) is 4. The molecular formula is C39H29NO4. The van der Waals surface area contributed by atoms with E-state index in [1.54, 1.807) is 0 Å². The van der Waals surface area contributed by atoms with Crippen LogP contribution in [0.5, 0.6) is 0 Å². The van der Waals surface area contributed by atoms with E-state index in [1.165, 1.54) is 5.56 Å². The van der Waals surface area contributed by atoms with Gasteiger partial charge in [-0.3, -0.25) is 9.59 Å². The van der Waals surface area contributed by atoms with E-state index in [2.05, 4.69) is 34.7 Å². The molecule has 2 fully saturated rings. The Balaban J connectivity index is 1.39. The van der Waals surface area contributed by atoms with E-state index < -0.39 is 0 Å². The number of carbonyl (C=O) groups is 2. The predicted molar refractivity (Wildman–Crippen MR) is 173 cm³/mol. The van der Waals surface area contributed by atoms with Crippen LogP contribution in [-0.4, -0.2) is 16.0 Å². The first-order chi connectivity index (χ1) is 21.5. The quantitative estimate of drug-likeness (QED) is 0.134. The third-order valence-electron chi connectivity index (χ3n) is 12.1. The van der Waals surface area contributed by atoms with Crippen LogP contribution in [0.2, 0.25) is 0 Å². The number of carbonyl (C=O) groups excluding carboxylic acids is 2. The molecule has 0 atom stereocenters. The largest absolute Gasteiger partial charge is 0.422 e. The van der Waals surface area contributed by atoms with Gasteiger partial charge in [0.05, 0.1) is 21.9 Å². The van der Waals surface area contributed by atoms with Gasteiger partial charge < -0.3 is 8.82 Å². The highest BCUT2D eigenvalue weighted by atomic mass is 16.4. The summed E-state index contributed by atoms with van der Waals surface area (Å²) >= 11 is 0. The Kier molecular flexibility index (Phi) is 4.32. The first-order valence-electron chi connectivity index (χ1n) is 16.3. The van der Waals surface area contributed by atoms with E-state index >= 15 is 0 Å². The number of para-hydroxylation sites is 1. The van der Waals surface area contributed by atoms with Gasteiger partial charge in [0.15, 0.2) is 11.6 Å². The van der Waals surface area contributed by atoms with Gasteiger partial charge in [0.2, 0.25) is 0 Å². The number of ketones is 2. The van der Waals surface area contributed by atoms with E-state index in [4.69, 9.17) is 4.42 Å². The highest BCUT2D eigenvalue weighted by Gasteiger charge is 2.38. The van der Waals surface area contributed by atoms with Crippen molar-refractivity contribution in [2.24, 2.45) is 11.8 Å². The molecule has 4 aromatic carbocycles. The molecule has 13 rings (SSSR count). The van der Waals surface area contributed by atoms with Crippen LogP contribution in [0.25, 0.3) is 59.8 Å². The molecular weight excluding hydrogens is 546 g/mol. The van der Waals surface area contributed by atoms with Crippen molar-refractivity contribution >= 4 is 71.4 Å². The van der Waals surface area contributed by atoms with Crippen LogP contribution in [0, 0.1) is 11.8 Å². The highest BCUT2D eigenvalue weighted by molar-refractivity contribution is 6.34. The van der Waals surface area contributed by atoms with Crippen LogP contribution in [0.4, 0.5) is 0 Å². The fraction of sp³-hybridized carbons (Fsp3) is 0.308. The van der Waals surface area contributed by atoms with Gasteiger partial charge in [0.25, 0.3) is 0 Å². The maximum Gasteiger partial charge on any atom is 0.344 e. The summed E-state index contributed by atoms with van der Waals surface area (Å²) in [5, 5.41) is 6.52. The zero-order valence-electron chi connectivity index (χ0n) is 24.2. The summed E-state index contributed by atoms with van der Waals surface area (Å²) in [6.45, 7) is 0. The average Bonchev–Trinajstić information content (AvgIpc) is 3.37. The Bertz CT molecular complexity index is 2530. The molecule has 0 N–H and O–H groups in total. The second-order valence-electron chi connectivity index (χ2n) is 14.0. The normalized spacial score (nSPS) is 24.7. The third kappa shape index (κ3) is 2.76. The molecule has 0 amide bonds. The van der Waals surface area contributed by atoms with Crippen molar-refractivity contribution in [2.45, 2.75) is 63.2 Å². The third-order valence-corrected chi connectivity index (χ3v) is 12.1. The molecule has 3 heterocycles. The van der Waals surface area contributed by atoms with Crippen molar-refractivity contribution in [1.29, 1.82) is 0 Å². The Morgan fingerprint density at radius 3 is 1.77 bits per heavy atom. The minimum Gasteiger partial charge on any atom is -0.422 e. The van der Waals surface area contributed by atoms with Crippen LogP contribution < -0.4 is 5.63 Å². The van der Waals surface area contributed by atoms with E-state index in [1.807, 2.05) is 24.3 Å². The molecule has 0 saturated heterocycles. The van der Waals surface area contributed by atoms with Crippen LogP contribution in [0.3, 0.4) is 0 Å². The SMILES string of the molecule is O=C1c2cc3c(cc2C2CCC1CC2)c1cc2c4ccccc4oc(=O)c2c2c4cc5c(cc4n3c12)C(=O)C1CCC5CC1. The summed E-state index contributed by atoms with van der Waals surface area (Å²) in [5.74, 6) is 1.52. The van der Waals surface area contributed by atoms with Gasteiger partial charge >= 0.3 is 5.63 Å². The molecule has 0 aliphatic heterocycles. The molecule has 6 aliphatic rings. The molecule has 3 aromatic heterocycles. The number of Topliss-reactive ketones (excluding diaryl/α,β-unsaturated/α-hetero) is 2. The van der Waals surface area contributed by atoms with Crippen molar-refractivity contribution in [2.75, 3.05) is 0 Å². The summed E-state index contributed by atoms with van der Waals surface area (Å²) in [4.78, 5) is 41.6. The number of aromatic nitrogens is 1. The van der Waals surface area contributed by atoms with Gasteiger partial charge in [0.1, 0.15) is 5.58 Å². The number of rotatable bonds is 0. The standard InChI is InChI=1S/C39H29NO4/c41-37-20-9-5-18(6-10-20)23-13-25-27-15-26-22-3-1-2-4-33(22)44-39(43)35(26)34-30-14-24-19-7-11-21(12-8-19)38(42)29(24)17-32(30)40(36(27)34)31(25)16-28(23)37/h1-4,13-21H,5-12H2. The van der Waals surface area contributed by atoms with Gasteiger partial charge in [-0.1, -0.05) is 18.2 Å². The van der Waals surface area contributed by atoms with Gasteiger partial charge in [0, 0.05) is 55.3 Å². The van der Waals surface area contributed by atoms with Crippen LogP contribution >= 0.6 is 0 Å². The Morgan fingerprint density at radius 2 is 1.11 bits per heavy atom. The number of benzene rings is 4. The predicted octanol–water partition coefficient (Wildman–Crippen LogP) is 9.04. The lowest BCUT2D eigenvalue weighted by Crippen LogP contribution is -2.15. The second-order valence-corrected chi connectivity index (χ2v) is 14.0. The van der Waals surface area contributed by atoms with E-state index in [0.717, 1.165) is 117 Å². The lowest BCUT2D eigenvalue weighted by atomic mass is 9.82. The summed E-state index contributed by atoms with van der Waals surface area (Å²) in [7, 11) is 0. The first kappa shape index (κ1) is 23.9. The van der Waals surface area contributed by atoms with Gasteiger partial charge in [-0.25, -0.2) is 4.79 Å². The van der Waals surface area contributed by atoms with Crippen molar-refractivity contribution in [3.8, 4) is 0 Å². The molecule has 214 valence electrons. The van der Waals surface area contributed by atoms with Crippen LogP contribution in [0.1, 0.15) is 95.0 Å². The van der Waals surface area contributed by atoms with E-state index in [9.17, 15) is 14.4 Å². The van der Waals surface area contributed by atoms with Gasteiger partial charge in [-0.15, -0.1) is 0 Å². The summed E-state index contributed by atoms with van der Waals surface area (Å²) < 4.78 is 8.21. The molecule has 0 spiro atoms. The van der Waals surface area contributed by atoms with Crippen molar-refractivity contribution in [3.05, 3.63) is 87.3 Å². The number of fused-ring (bicyclic) bond motifs is 14. The van der Waals surface area contributed by atoms with Crippen molar-refractivity contribution < 1.29 is 14.0 Å². The fourth-order valence-electron chi connectivity index (χ4n) is 9.97. The van der Waals surface area contributed by atoms with Crippen molar-refractivity contribution in [1.82, 2.24) is 4.40 Å². The Morgan fingerprint density at radius 1 is 0.545 bits per heavy atom. The molecule has 4 bridgehead atoms. The van der Waals surface area contributed by atoms with Crippen molar-refractivity contribution in [3.63, 3.8) is 0 Å². The molecule has 5 heteroatoms. The lowest BCUT2D eigenvalue weighted by Gasteiger charge is -2.22. The van der Waals surface area contributed by atoms with Gasteiger partial charge in [-0.05, 0) is 111 Å². The Labute approximate surface area is 251 Å². The minimum atomic E-state index is -0.338. The highest BCUT2D eigenvalue weighted by Crippen LogP contribution is 2.50. The molecule has 7 aromatic rings. The lowest BCUT2D eigenvalue weighted by molar-refractivity contribution is 0.0891. The topological polar surface area (TPSA) is 68.8 Å². The van der Waals surface area contributed by atoms with E-state index in [-0.39, 0.29) is 29.0 Å². The molecule has 0 unspecified atom stereocenters. The number of hydrogen-bond donors (Lipinski definition) is 0. The zero-order valence-corrected chi connectivity index (χ0v) is 24.2. The second kappa shape index (κ2) is 7.95. The summed E-state index contributed by atoms with van der Waals surface area (Å²) in [6, 6.07) is 18.8. The molecule has 6 aliphatic carbocycles. The number of nitrogens with zero attached hydrogens (tertiary/aromatic N) is 1. The molecule has 5 nitrogen and oxygen atoms in total. The van der Waals surface area contributed by atoms with Crippen LogP contribution in [-0.2, 0) is 0 Å². The maximum absolute atomic E-state index is 13.9. The minimum absolute atomic E-state index is 0.0962. The average molecular weight is 576 g/mol. The smallest absolute Gasteiger partial charge is 0.344 e. The van der Waals surface area contributed by atoms with E-state index in [0.29, 0.717) is 22.8 Å². The summed E-state index contributed by atoms with van der Waals surface area (Å²) in [5.41, 5.74) is 7.21. The van der Waals surface area contributed by atoms with Gasteiger partial charge in [-0.2, -0.15) is 0 Å². The molecule has 2 saturated carbocycles. The maximum atomic E-state index is 13.9. The summed E-state index contributed by atoms with van der Waals surface area (Å²) in [6.07, 6.45) is 8.03. The zero-order chi connectivity index (χ0) is 29.0. The fourth-order valence-corrected chi connectivity index (χ4v) is 9.97. The monoisotopic (exact) mass is 575 g/mol.